The molecule has 4 heteroatoms. The van der Waals surface area contributed by atoms with Crippen molar-refractivity contribution in [3.8, 4) is 0 Å². The third-order valence-electron chi connectivity index (χ3n) is 3.42. The SMILES string of the molecule is C[C@@](O)(CO)[C@H]1CC[C@@](C)(O)[C@@H](O)C1. The molecule has 1 aliphatic carbocycles. The molecule has 1 fully saturated rings. The van der Waals surface area contributed by atoms with Crippen LogP contribution in [0.25, 0.3) is 0 Å². The van der Waals surface area contributed by atoms with E-state index in [9.17, 15) is 15.3 Å². The van der Waals surface area contributed by atoms with Crippen LogP contribution in [0.1, 0.15) is 33.1 Å². The number of hydrogen-bond donors (Lipinski definition) is 4. The van der Waals surface area contributed by atoms with E-state index in [1.165, 1.54) is 0 Å². The van der Waals surface area contributed by atoms with Crippen molar-refractivity contribution in [2.24, 2.45) is 5.92 Å². The molecule has 84 valence electrons. The van der Waals surface area contributed by atoms with Gasteiger partial charge in [-0.1, -0.05) is 0 Å². The monoisotopic (exact) mass is 204 g/mol. The van der Waals surface area contributed by atoms with Gasteiger partial charge in [-0.15, -0.1) is 0 Å². The zero-order valence-electron chi connectivity index (χ0n) is 8.77. The first-order valence-corrected chi connectivity index (χ1v) is 5.03. The van der Waals surface area contributed by atoms with E-state index in [-0.39, 0.29) is 12.5 Å². The van der Waals surface area contributed by atoms with Gasteiger partial charge in [0.1, 0.15) is 0 Å². The van der Waals surface area contributed by atoms with Gasteiger partial charge in [0.15, 0.2) is 0 Å². The summed E-state index contributed by atoms with van der Waals surface area (Å²) in [5.41, 5.74) is -2.21. The molecule has 4 N–H and O–H groups in total. The third-order valence-corrected chi connectivity index (χ3v) is 3.42. The molecule has 0 bridgehead atoms. The minimum atomic E-state index is -1.16. The van der Waals surface area contributed by atoms with E-state index in [0.717, 1.165) is 0 Å². The minimum Gasteiger partial charge on any atom is -0.393 e. The Morgan fingerprint density at radius 3 is 2.50 bits per heavy atom. The Morgan fingerprint density at radius 2 is 2.07 bits per heavy atom. The van der Waals surface area contributed by atoms with Crippen LogP contribution in [0.3, 0.4) is 0 Å². The molecule has 0 aromatic rings. The first-order chi connectivity index (χ1) is 6.29. The predicted molar refractivity (Wildman–Crippen MR) is 51.7 cm³/mol. The fourth-order valence-corrected chi connectivity index (χ4v) is 1.97. The van der Waals surface area contributed by atoms with Crippen molar-refractivity contribution in [1.82, 2.24) is 0 Å². The summed E-state index contributed by atoms with van der Waals surface area (Å²) in [6, 6.07) is 0. The molecule has 0 saturated heterocycles. The Labute approximate surface area is 84.2 Å². The van der Waals surface area contributed by atoms with E-state index in [4.69, 9.17) is 5.11 Å². The molecule has 0 unspecified atom stereocenters. The lowest BCUT2D eigenvalue weighted by Gasteiger charge is -2.42. The van der Waals surface area contributed by atoms with Gasteiger partial charge < -0.3 is 20.4 Å². The second kappa shape index (κ2) is 3.77. The Kier molecular flexibility index (Phi) is 3.21. The molecule has 0 radical (unpaired) electrons. The van der Waals surface area contributed by atoms with E-state index in [0.29, 0.717) is 19.3 Å². The van der Waals surface area contributed by atoms with Gasteiger partial charge >= 0.3 is 0 Å². The van der Waals surface area contributed by atoms with Crippen LogP contribution in [0, 0.1) is 5.92 Å². The van der Waals surface area contributed by atoms with Gasteiger partial charge in [0.25, 0.3) is 0 Å². The third kappa shape index (κ3) is 2.25. The number of hydrogen-bond acceptors (Lipinski definition) is 4. The standard InChI is InChI=1S/C10H20O4/c1-9(13)4-3-7(5-8(9)12)10(2,14)6-11/h7-8,11-14H,3-6H2,1-2H3/t7-,8-,9+,10+/m0/s1. The summed E-state index contributed by atoms with van der Waals surface area (Å²) >= 11 is 0. The van der Waals surface area contributed by atoms with Crippen molar-refractivity contribution in [1.29, 1.82) is 0 Å². The van der Waals surface area contributed by atoms with Crippen molar-refractivity contribution in [3.05, 3.63) is 0 Å². The molecule has 14 heavy (non-hydrogen) atoms. The topological polar surface area (TPSA) is 80.9 Å². The molecule has 0 aromatic carbocycles. The summed E-state index contributed by atoms with van der Waals surface area (Å²) in [6.45, 7) is 2.85. The summed E-state index contributed by atoms with van der Waals surface area (Å²) in [4.78, 5) is 0. The summed E-state index contributed by atoms with van der Waals surface area (Å²) in [7, 11) is 0. The highest BCUT2D eigenvalue weighted by molar-refractivity contribution is 4.95. The molecule has 0 aliphatic heterocycles. The molecule has 0 heterocycles. The van der Waals surface area contributed by atoms with E-state index in [1.54, 1.807) is 13.8 Å². The van der Waals surface area contributed by atoms with Crippen LogP contribution in [0.5, 0.6) is 0 Å². The van der Waals surface area contributed by atoms with Crippen LogP contribution in [0.2, 0.25) is 0 Å². The van der Waals surface area contributed by atoms with Gasteiger partial charge in [-0.05, 0) is 39.0 Å². The van der Waals surface area contributed by atoms with Gasteiger partial charge in [-0.3, -0.25) is 0 Å². The van der Waals surface area contributed by atoms with Crippen LogP contribution < -0.4 is 0 Å². The number of aliphatic hydroxyl groups is 4. The van der Waals surface area contributed by atoms with Crippen LogP contribution in [-0.4, -0.2) is 44.3 Å². The van der Waals surface area contributed by atoms with Gasteiger partial charge in [0, 0.05) is 0 Å². The highest BCUT2D eigenvalue weighted by Gasteiger charge is 2.43. The smallest absolute Gasteiger partial charge is 0.0878 e. The zero-order valence-corrected chi connectivity index (χ0v) is 8.77. The summed E-state index contributed by atoms with van der Waals surface area (Å²) < 4.78 is 0. The van der Waals surface area contributed by atoms with Gasteiger partial charge in [-0.25, -0.2) is 0 Å². The first kappa shape index (κ1) is 11.9. The van der Waals surface area contributed by atoms with Crippen LogP contribution in [-0.2, 0) is 0 Å². The van der Waals surface area contributed by atoms with E-state index < -0.39 is 17.3 Å². The molecule has 0 spiro atoms. The number of aliphatic hydroxyl groups excluding tert-OH is 2. The van der Waals surface area contributed by atoms with Crippen molar-refractivity contribution in [2.75, 3.05) is 6.61 Å². The second-order valence-corrected chi connectivity index (χ2v) is 4.86. The maximum atomic E-state index is 9.79. The molecule has 1 rings (SSSR count). The van der Waals surface area contributed by atoms with Gasteiger partial charge in [-0.2, -0.15) is 0 Å². The molecule has 1 saturated carbocycles. The van der Waals surface area contributed by atoms with Crippen LogP contribution >= 0.6 is 0 Å². The van der Waals surface area contributed by atoms with Crippen molar-refractivity contribution in [3.63, 3.8) is 0 Å². The Morgan fingerprint density at radius 1 is 1.50 bits per heavy atom. The van der Waals surface area contributed by atoms with E-state index in [1.807, 2.05) is 0 Å². The van der Waals surface area contributed by atoms with Crippen LogP contribution in [0.4, 0.5) is 0 Å². The first-order valence-electron chi connectivity index (χ1n) is 5.03. The molecule has 1 aliphatic rings. The molecular weight excluding hydrogens is 184 g/mol. The van der Waals surface area contributed by atoms with Crippen molar-refractivity contribution in [2.45, 2.75) is 50.4 Å². The van der Waals surface area contributed by atoms with Gasteiger partial charge in [0.05, 0.1) is 23.9 Å². The summed E-state index contributed by atoms with van der Waals surface area (Å²) in [5.74, 6) is -0.150. The maximum Gasteiger partial charge on any atom is 0.0878 e. The Hall–Kier alpha value is -0.160. The average Bonchev–Trinajstić information content (AvgIpc) is 2.09. The molecule has 4 nitrogen and oxygen atoms in total. The van der Waals surface area contributed by atoms with Crippen molar-refractivity contribution < 1.29 is 20.4 Å². The lowest BCUT2D eigenvalue weighted by atomic mass is 9.71. The predicted octanol–water partition coefficient (Wildman–Crippen LogP) is -0.358. The summed E-state index contributed by atoms with van der Waals surface area (Å²) in [6.07, 6.45) is 0.590. The maximum absolute atomic E-state index is 9.79. The second-order valence-electron chi connectivity index (χ2n) is 4.86. The van der Waals surface area contributed by atoms with E-state index >= 15 is 0 Å². The fraction of sp³-hybridized carbons (Fsp3) is 1.00. The molecular formula is C10H20O4. The number of rotatable bonds is 2. The summed E-state index contributed by atoms with van der Waals surface area (Å²) in [5, 5.41) is 38.1. The minimum absolute atomic E-state index is 0.150. The average molecular weight is 204 g/mol. The van der Waals surface area contributed by atoms with E-state index in [2.05, 4.69) is 0 Å². The normalized spacial score (nSPS) is 43.3. The quantitative estimate of drug-likeness (QED) is 0.495. The molecule has 4 atom stereocenters. The fourth-order valence-electron chi connectivity index (χ4n) is 1.97. The Balaban J connectivity index is 2.63. The highest BCUT2D eigenvalue weighted by atomic mass is 16.3. The highest BCUT2D eigenvalue weighted by Crippen LogP contribution is 2.37. The zero-order chi connectivity index (χ0) is 11.0. The van der Waals surface area contributed by atoms with Crippen molar-refractivity contribution >= 4 is 0 Å². The molecule has 0 amide bonds. The Bertz CT molecular complexity index is 200. The lowest BCUT2D eigenvalue weighted by molar-refractivity contribution is -0.139. The molecule has 0 aromatic heterocycles. The van der Waals surface area contributed by atoms with Gasteiger partial charge in [0.2, 0.25) is 0 Å². The largest absolute Gasteiger partial charge is 0.393 e. The lowest BCUT2D eigenvalue weighted by Crippen LogP contribution is -2.50. The van der Waals surface area contributed by atoms with Crippen LogP contribution in [0.15, 0.2) is 0 Å².